The first kappa shape index (κ1) is 14.3. The minimum absolute atomic E-state index is 0.153. The van der Waals surface area contributed by atoms with Gasteiger partial charge in [0.2, 0.25) is 0 Å². The van der Waals surface area contributed by atoms with Crippen LogP contribution in [0.25, 0.3) is 0 Å². The Morgan fingerprint density at radius 3 is 2.06 bits per heavy atom. The first-order chi connectivity index (χ1) is 8.76. The lowest BCUT2D eigenvalue weighted by Gasteiger charge is -1.95. The highest BCUT2D eigenvalue weighted by molar-refractivity contribution is 5.15. The van der Waals surface area contributed by atoms with Crippen LogP contribution in [0.3, 0.4) is 0 Å². The molecule has 2 N–H and O–H groups in total. The number of aryl methyl sites for hydroxylation is 1. The zero-order valence-corrected chi connectivity index (χ0v) is 10.6. The molecule has 2 rings (SSSR count). The molecule has 0 saturated heterocycles. The third-order valence-corrected chi connectivity index (χ3v) is 2.44. The van der Waals surface area contributed by atoms with E-state index in [1.807, 2.05) is 24.3 Å². The Bertz CT molecular complexity index is 426. The third kappa shape index (κ3) is 5.55. The fourth-order valence-electron chi connectivity index (χ4n) is 1.46. The molecular formula is C15H19FN2. The van der Waals surface area contributed by atoms with Gasteiger partial charge in [-0.2, -0.15) is 0 Å². The zero-order valence-electron chi connectivity index (χ0n) is 10.6. The molecule has 2 nitrogen and oxygen atoms in total. The minimum Gasteiger partial charge on any atom is -0.326 e. The van der Waals surface area contributed by atoms with Crippen molar-refractivity contribution in [1.82, 2.24) is 4.98 Å². The highest BCUT2D eigenvalue weighted by atomic mass is 19.1. The Kier molecular flexibility index (Phi) is 6.66. The van der Waals surface area contributed by atoms with Crippen LogP contribution in [-0.2, 0) is 13.0 Å². The fourth-order valence-corrected chi connectivity index (χ4v) is 1.46. The van der Waals surface area contributed by atoms with E-state index in [2.05, 4.69) is 11.9 Å². The Hall–Kier alpha value is -1.74. The van der Waals surface area contributed by atoms with Gasteiger partial charge in [0.15, 0.2) is 0 Å². The maximum absolute atomic E-state index is 12.3. The van der Waals surface area contributed by atoms with E-state index in [1.165, 1.54) is 17.7 Å². The predicted octanol–water partition coefficient (Wildman–Crippen LogP) is 3.32. The summed E-state index contributed by atoms with van der Waals surface area (Å²) in [7, 11) is 0. The van der Waals surface area contributed by atoms with Crippen molar-refractivity contribution < 1.29 is 4.39 Å². The first-order valence-corrected chi connectivity index (χ1v) is 6.09. The molecule has 2 aromatic rings. The molecule has 0 aliphatic carbocycles. The monoisotopic (exact) mass is 246 g/mol. The summed E-state index contributed by atoms with van der Waals surface area (Å²) < 4.78 is 12.3. The molecule has 3 heteroatoms. The zero-order chi connectivity index (χ0) is 13.2. The van der Waals surface area contributed by atoms with Gasteiger partial charge in [-0.25, -0.2) is 4.39 Å². The molecule has 0 amide bonds. The summed E-state index contributed by atoms with van der Waals surface area (Å²) in [5, 5.41) is 0. The van der Waals surface area contributed by atoms with Crippen molar-refractivity contribution in [2.75, 3.05) is 0 Å². The smallest absolute Gasteiger partial charge is 0.123 e. The van der Waals surface area contributed by atoms with Crippen LogP contribution in [0, 0.1) is 5.82 Å². The van der Waals surface area contributed by atoms with Crippen molar-refractivity contribution in [2.45, 2.75) is 26.3 Å². The molecule has 1 aromatic heterocycles. The van der Waals surface area contributed by atoms with E-state index < -0.39 is 0 Å². The lowest BCUT2D eigenvalue weighted by molar-refractivity contribution is 0.627. The summed E-state index contributed by atoms with van der Waals surface area (Å²) in [5.74, 6) is -0.153. The SMILES string of the molecule is CCCc1ccc(F)cc1.NCc1ccncc1. The highest BCUT2D eigenvalue weighted by Crippen LogP contribution is 2.04. The predicted molar refractivity (Wildman–Crippen MR) is 72.5 cm³/mol. The molecular weight excluding hydrogens is 227 g/mol. The van der Waals surface area contributed by atoms with Gasteiger partial charge in [-0.3, -0.25) is 4.98 Å². The van der Waals surface area contributed by atoms with Crippen LogP contribution < -0.4 is 5.73 Å². The summed E-state index contributed by atoms with van der Waals surface area (Å²) in [6.45, 7) is 2.71. The topological polar surface area (TPSA) is 38.9 Å². The van der Waals surface area contributed by atoms with Crippen LogP contribution in [0.1, 0.15) is 24.5 Å². The van der Waals surface area contributed by atoms with Gasteiger partial charge in [-0.1, -0.05) is 25.5 Å². The van der Waals surface area contributed by atoms with E-state index in [1.54, 1.807) is 12.4 Å². The molecule has 0 atom stereocenters. The maximum atomic E-state index is 12.3. The Morgan fingerprint density at radius 2 is 1.61 bits per heavy atom. The number of nitrogens with zero attached hydrogens (tertiary/aromatic N) is 1. The molecule has 0 fully saturated rings. The number of halogens is 1. The molecule has 0 spiro atoms. The Morgan fingerprint density at radius 1 is 1.00 bits per heavy atom. The number of rotatable bonds is 3. The second-order valence-corrected chi connectivity index (χ2v) is 3.94. The summed E-state index contributed by atoms with van der Waals surface area (Å²) in [4.78, 5) is 3.84. The van der Waals surface area contributed by atoms with Crippen LogP contribution in [0.5, 0.6) is 0 Å². The van der Waals surface area contributed by atoms with Gasteiger partial charge in [-0.15, -0.1) is 0 Å². The van der Waals surface area contributed by atoms with Gasteiger partial charge in [0, 0.05) is 18.9 Å². The lowest BCUT2D eigenvalue weighted by Crippen LogP contribution is -1.94. The fraction of sp³-hybridized carbons (Fsp3) is 0.267. The van der Waals surface area contributed by atoms with E-state index in [9.17, 15) is 4.39 Å². The molecule has 1 heterocycles. The van der Waals surface area contributed by atoms with Gasteiger partial charge in [0.05, 0.1) is 0 Å². The van der Waals surface area contributed by atoms with Crippen LogP contribution in [0.2, 0.25) is 0 Å². The summed E-state index contributed by atoms with van der Waals surface area (Å²) in [5.41, 5.74) is 7.66. The molecule has 0 unspecified atom stereocenters. The number of pyridine rings is 1. The first-order valence-electron chi connectivity index (χ1n) is 6.09. The van der Waals surface area contributed by atoms with Crippen LogP contribution in [0.15, 0.2) is 48.8 Å². The van der Waals surface area contributed by atoms with Crippen LogP contribution >= 0.6 is 0 Å². The highest BCUT2D eigenvalue weighted by Gasteiger charge is 1.90. The van der Waals surface area contributed by atoms with Crippen molar-refractivity contribution in [3.63, 3.8) is 0 Å². The van der Waals surface area contributed by atoms with Crippen molar-refractivity contribution in [3.05, 3.63) is 65.7 Å². The maximum Gasteiger partial charge on any atom is 0.123 e. The third-order valence-electron chi connectivity index (χ3n) is 2.44. The summed E-state index contributed by atoms with van der Waals surface area (Å²) in [6.07, 6.45) is 5.64. The number of nitrogens with two attached hydrogens (primary N) is 1. The van der Waals surface area contributed by atoms with Crippen molar-refractivity contribution in [1.29, 1.82) is 0 Å². The summed E-state index contributed by atoms with van der Waals surface area (Å²) in [6, 6.07) is 10.5. The van der Waals surface area contributed by atoms with Crippen molar-refractivity contribution in [2.24, 2.45) is 5.73 Å². The van der Waals surface area contributed by atoms with E-state index in [-0.39, 0.29) is 5.82 Å². The molecule has 1 aromatic carbocycles. The molecule has 0 aliphatic rings. The molecule has 0 saturated carbocycles. The summed E-state index contributed by atoms with van der Waals surface area (Å²) >= 11 is 0. The molecule has 0 bridgehead atoms. The number of hydrogen-bond acceptors (Lipinski definition) is 2. The van der Waals surface area contributed by atoms with Crippen LogP contribution in [0.4, 0.5) is 4.39 Å². The van der Waals surface area contributed by atoms with Gasteiger partial charge >= 0.3 is 0 Å². The largest absolute Gasteiger partial charge is 0.326 e. The minimum atomic E-state index is -0.153. The standard InChI is InChI=1S/C9H11F.C6H8N2/c1-2-3-8-4-6-9(10)7-5-8;7-5-6-1-3-8-4-2-6/h4-7H,2-3H2,1H3;1-4H,5,7H2. The second kappa shape index (κ2) is 8.37. The van der Waals surface area contributed by atoms with E-state index >= 15 is 0 Å². The average molecular weight is 246 g/mol. The van der Waals surface area contributed by atoms with Crippen molar-refractivity contribution in [3.8, 4) is 0 Å². The molecule has 18 heavy (non-hydrogen) atoms. The quantitative estimate of drug-likeness (QED) is 0.902. The Labute approximate surface area is 108 Å². The van der Waals surface area contributed by atoms with Crippen molar-refractivity contribution >= 4 is 0 Å². The van der Waals surface area contributed by atoms with Gasteiger partial charge in [0.25, 0.3) is 0 Å². The average Bonchev–Trinajstić information content (AvgIpc) is 2.43. The normalized spacial score (nSPS) is 9.50. The molecule has 96 valence electrons. The van der Waals surface area contributed by atoms with Gasteiger partial charge < -0.3 is 5.73 Å². The van der Waals surface area contributed by atoms with Gasteiger partial charge in [-0.05, 0) is 41.8 Å². The van der Waals surface area contributed by atoms with E-state index in [0.717, 1.165) is 18.4 Å². The number of benzene rings is 1. The van der Waals surface area contributed by atoms with E-state index in [4.69, 9.17) is 5.73 Å². The van der Waals surface area contributed by atoms with Gasteiger partial charge in [0.1, 0.15) is 5.82 Å². The van der Waals surface area contributed by atoms with E-state index in [0.29, 0.717) is 6.54 Å². The lowest BCUT2D eigenvalue weighted by atomic mass is 10.1. The second-order valence-electron chi connectivity index (χ2n) is 3.94. The molecule has 0 aliphatic heterocycles. The number of aromatic nitrogens is 1. The Balaban J connectivity index is 0.000000184. The van der Waals surface area contributed by atoms with Crippen LogP contribution in [-0.4, -0.2) is 4.98 Å². The molecule has 0 radical (unpaired) electrons. The number of hydrogen-bond donors (Lipinski definition) is 1.